The standard InChI is InChI=1S/C9H7F3O/c10-6-3-5(4-1-2-4)7(11)8(12)9(6)13/h3-4,13H,1-2H2. The summed E-state index contributed by atoms with van der Waals surface area (Å²) >= 11 is 0. The predicted octanol–water partition coefficient (Wildman–Crippen LogP) is 2.69. The molecule has 0 radical (unpaired) electrons. The number of hydrogen-bond donors (Lipinski definition) is 1. The average Bonchev–Trinajstić information content (AvgIpc) is 2.91. The van der Waals surface area contributed by atoms with Crippen LogP contribution in [0.15, 0.2) is 6.07 Å². The largest absolute Gasteiger partial charge is 0.503 e. The normalized spacial score (nSPS) is 16.2. The summed E-state index contributed by atoms with van der Waals surface area (Å²) in [6.45, 7) is 0. The molecule has 0 bridgehead atoms. The molecule has 1 nitrogen and oxygen atoms in total. The highest BCUT2D eigenvalue weighted by Gasteiger charge is 2.30. The van der Waals surface area contributed by atoms with Crippen molar-refractivity contribution in [1.82, 2.24) is 0 Å². The van der Waals surface area contributed by atoms with Crippen molar-refractivity contribution in [3.05, 3.63) is 29.1 Å². The van der Waals surface area contributed by atoms with Gasteiger partial charge in [0.25, 0.3) is 0 Å². The lowest BCUT2D eigenvalue weighted by Crippen LogP contribution is -1.95. The number of phenols is 1. The van der Waals surface area contributed by atoms with E-state index in [1.54, 1.807) is 0 Å². The lowest BCUT2D eigenvalue weighted by Gasteiger charge is -2.04. The fraction of sp³-hybridized carbons (Fsp3) is 0.333. The first-order chi connectivity index (χ1) is 6.11. The second-order valence-electron chi connectivity index (χ2n) is 3.20. The molecule has 0 atom stereocenters. The molecule has 2 rings (SSSR count). The second kappa shape index (κ2) is 2.65. The molecule has 0 aliphatic heterocycles. The number of aromatic hydroxyl groups is 1. The molecule has 70 valence electrons. The maximum atomic E-state index is 13.0. The van der Waals surface area contributed by atoms with Gasteiger partial charge in [-0.3, -0.25) is 0 Å². The Morgan fingerprint density at radius 1 is 1.15 bits per heavy atom. The van der Waals surface area contributed by atoms with Crippen molar-refractivity contribution in [1.29, 1.82) is 0 Å². The monoisotopic (exact) mass is 188 g/mol. The number of halogens is 3. The summed E-state index contributed by atoms with van der Waals surface area (Å²) in [6.07, 6.45) is 1.50. The van der Waals surface area contributed by atoms with Crippen LogP contribution in [0, 0.1) is 17.5 Å². The van der Waals surface area contributed by atoms with Crippen LogP contribution in [0.2, 0.25) is 0 Å². The van der Waals surface area contributed by atoms with Gasteiger partial charge in [-0.15, -0.1) is 0 Å². The number of hydrogen-bond acceptors (Lipinski definition) is 1. The molecule has 0 saturated heterocycles. The van der Waals surface area contributed by atoms with Gasteiger partial charge in [0.05, 0.1) is 0 Å². The van der Waals surface area contributed by atoms with Crippen LogP contribution >= 0.6 is 0 Å². The lowest BCUT2D eigenvalue weighted by atomic mass is 10.1. The second-order valence-corrected chi connectivity index (χ2v) is 3.20. The van der Waals surface area contributed by atoms with Crippen LogP contribution in [-0.2, 0) is 0 Å². The number of phenolic OH excluding ortho intramolecular Hbond substituents is 1. The molecule has 4 heteroatoms. The average molecular weight is 188 g/mol. The first kappa shape index (κ1) is 8.41. The summed E-state index contributed by atoms with van der Waals surface area (Å²) in [5.41, 5.74) is 0.0350. The smallest absolute Gasteiger partial charge is 0.203 e. The zero-order chi connectivity index (χ0) is 9.59. The van der Waals surface area contributed by atoms with Crippen LogP contribution in [0.3, 0.4) is 0 Å². The molecule has 1 aliphatic rings. The Labute approximate surface area is 72.8 Å². The molecule has 1 aromatic carbocycles. The molecule has 0 heterocycles. The van der Waals surface area contributed by atoms with E-state index in [1.807, 2.05) is 0 Å². The lowest BCUT2D eigenvalue weighted by molar-refractivity contribution is 0.373. The van der Waals surface area contributed by atoms with E-state index in [0.29, 0.717) is 0 Å². The minimum atomic E-state index is -1.48. The van der Waals surface area contributed by atoms with Crippen molar-refractivity contribution >= 4 is 0 Å². The van der Waals surface area contributed by atoms with E-state index in [2.05, 4.69) is 0 Å². The Morgan fingerprint density at radius 2 is 1.77 bits per heavy atom. The third kappa shape index (κ3) is 1.26. The van der Waals surface area contributed by atoms with Crippen LogP contribution in [-0.4, -0.2) is 5.11 Å². The minimum absolute atomic E-state index is 0.0350. The Balaban J connectivity index is 2.58. The molecule has 1 aliphatic carbocycles. The highest BCUT2D eigenvalue weighted by atomic mass is 19.2. The fourth-order valence-electron chi connectivity index (χ4n) is 1.30. The molecule has 1 aromatic rings. The van der Waals surface area contributed by atoms with Crippen molar-refractivity contribution in [2.75, 3.05) is 0 Å². The summed E-state index contributed by atoms with van der Waals surface area (Å²) in [5.74, 6) is -5.02. The molecular weight excluding hydrogens is 181 g/mol. The van der Waals surface area contributed by atoms with Crippen molar-refractivity contribution in [2.45, 2.75) is 18.8 Å². The molecule has 1 saturated carbocycles. The molecule has 13 heavy (non-hydrogen) atoms. The minimum Gasteiger partial charge on any atom is -0.503 e. The van der Waals surface area contributed by atoms with E-state index in [4.69, 9.17) is 5.11 Å². The van der Waals surface area contributed by atoms with Gasteiger partial charge in [0.15, 0.2) is 17.4 Å². The Hall–Kier alpha value is -1.19. The van der Waals surface area contributed by atoms with E-state index in [1.165, 1.54) is 0 Å². The first-order valence-corrected chi connectivity index (χ1v) is 3.97. The van der Waals surface area contributed by atoms with Gasteiger partial charge in [-0.1, -0.05) is 0 Å². The molecule has 0 amide bonds. The van der Waals surface area contributed by atoms with E-state index < -0.39 is 23.2 Å². The van der Waals surface area contributed by atoms with Gasteiger partial charge in [0.1, 0.15) is 0 Å². The predicted molar refractivity (Wildman–Crippen MR) is 40.0 cm³/mol. The molecule has 0 spiro atoms. The summed E-state index contributed by atoms with van der Waals surface area (Å²) in [5, 5.41) is 8.72. The van der Waals surface area contributed by atoms with E-state index in [0.717, 1.165) is 18.9 Å². The van der Waals surface area contributed by atoms with Crippen LogP contribution < -0.4 is 0 Å². The van der Waals surface area contributed by atoms with Gasteiger partial charge >= 0.3 is 0 Å². The summed E-state index contributed by atoms with van der Waals surface area (Å²) in [7, 11) is 0. The fourth-order valence-corrected chi connectivity index (χ4v) is 1.30. The van der Waals surface area contributed by atoms with Crippen molar-refractivity contribution in [3.63, 3.8) is 0 Å². The summed E-state index contributed by atoms with van der Waals surface area (Å²) in [4.78, 5) is 0. The molecule has 0 aromatic heterocycles. The molecule has 1 fully saturated rings. The van der Waals surface area contributed by atoms with Gasteiger partial charge in [-0.05, 0) is 30.4 Å². The molecule has 1 N–H and O–H groups in total. The van der Waals surface area contributed by atoms with E-state index in [-0.39, 0.29) is 11.5 Å². The zero-order valence-corrected chi connectivity index (χ0v) is 6.65. The third-order valence-electron chi connectivity index (χ3n) is 2.18. The third-order valence-corrected chi connectivity index (χ3v) is 2.18. The Morgan fingerprint density at radius 3 is 2.31 bits per heavy atom. The van der Waals surface area contributed by atoms with E-state index >= 15 is 0 Å². The molecular formula is C9H7F3O. The van der Waals surface area contributed by atoms with Gasteiger partial charge in [0, 0.05) is 0 Å². The van der Waals surface area contributed by atoms with Crippen LogP contribution in [0.1, 0.15) is 24.3 Å². The van der Waals surface area contributed by atoms with Crippen molar-refractivity contribution in [3.8, 4) is 5.75 Å². The number of rotatable bonds is 1. The maximum absolute atomic E-state index is 13.0. The summed E-state index contributed by atoms with van der Waals surface area (Å²) < 4.78 is 38.6. The Bertz CT molecular complexity index is 358. The first-order valence-electron chi connectivity index (χ1n) is 3.97. The zero-order valence-electron chi connectivity index (χ0n) is 6.65. The van der Waals surface area contributed by atoms with Gasteiger partial charge in [0.2, 0.25) is 5.82 Å². The highest BCUT2D eigenvalue weighted by molar-refractivity contribution is 5.35. The van der Waals surface area contributed by atoms with Crippen LogP contribution in [0.25, 0.3) is 0 Å². The highest BCUT2D eigenvalue weighted by Crippen LogP contribution is 2.43. The quantitative estimate of drug-likeness (QED) is 0.672. The summed E-state index contributed by atoms with van der Waals surface area (Å²) in [6, 6.07) is 0.866. The van der Waals surface area contributed by atoms with Crippen molar-refractivity contribution in [2.24, 2.45) is 0 Å². The number of benzene rings is 1. The SMILES string of the molecule is Oc1c(F)cc(C2CC2)c(F)c1F. The van der Waals surface area contributed by atoms with Gasteiger partial charge in [-0.2, -0.15) is 4.39 Å². The Kier molecular flexibility index (Phi) is 1.71. The topological polar surface area (TPSA) is 20.2 Å². The van der Waals surface area contributed by atoms with E-state index in [9.17, 15) is 13.2 Å². The van der Waals surface area contributed by atoms with Gasteiger partial charge < -0.3 is 5.11 Å². The maximum Gasteiger partial charge on any atom is 0.203 e. The van der Waals surface area contributed by atoms with Crippen LogP contribution in [0.4, 0.5) is 13.2 Å². The van der Waals surface area contributed by atoms with Crippen molar-refractivity contribution < 1.29 is 18.3 Å². The van der Waals surface area contributed by atoms with Gasteiger partial charge in [-0.25, -0.2) is 8.78 Å². The van der Waals surface area contributed by atoms with Crippen LogP contribution in [0.5, 0.6) is 5.75 Å². The molecule has 0 unspecified atom stereocenters.